The van der Waals surface area contributed by atoms with Crippen molar-refractivity contribution >= 4 is 5.65 Å². The van der Waals surface area contributed by atoms with Crippen LogP contribution < -0.4 is 0 Å². The van der Waals surface area contributed by atoms with Crippen molar-refractivity contribution in [2.75, 3.05) is 14.1 Å². The molecule has 0 saturated heterocycles. The Kier molecular flexibility index (Phi) is 4.96. The number of aryl methyl sites for hydroxylation is 1. The fourth-order valence-corrected chi connectivity index (χ4v) is 3.80. The zero-order valence-corrected chi connectivity index (χ0v) is 17.9. The van der Waals surface area contributed by atoms with Crippen molar-refractivity contribution in [2.24, 2.45) is 0 Å². The summed E-state index contributed by atoms with van der Waals surface area (Å²) < 4.78 is 1.82. The molecule has 0 fully saturated rings. The maximum absolute atomic E-state index is 4.71. The third-order valence-electron chi connectivity index (χ3n) is 5.67. The zero-order valence-electron chi connectivity index (χ0n) is 17.9. The summed E-state index contributed by atoms with van der Waals surface area (Å²) in [6, 6.07) is 11.3. The summed E-state index contributed by atoms with van der Waals surface area (Å²) in [4.78, 5) is 6.53. The highest BCUT2D eigenvalue weighted by atomic mass is 15.3. The van der Waals surface area contributed by atoms with E-state index in [1.807, 2.05) is 10.7 Å². The van der Waals surface area contributed by atoms with Crippen LogP contribution in [-0.4, -0.2) is 43.8 Å². The van der Waals surface area contributed by atoms with Crippen molar-refractivity contribution in [3.8, 4) is 22.5 Å². The molecule has 3 heterocycles. The molecule has 6 nitrogen and oxygen atoms in total. The third kappa shape index (κ3) is 3.44. The SMILES string of the molecule is Cc1cc(-c2n[nH]c(-c3ccc([C@H](C)N(C)C)cc3)c2C(C)C)cn2ncnc12. The van der Waals surface area contributed by atoms with E-state index in [9.17, 15) is 0 Å². The van der Waals surface area contributed by atoms with Gasteiger partial charge in [0.25, 0.3) is 0 Å². The molecule has 29 heavy (non-hydrogen) atoms. The minimum Gasteiger partial charge on any atom is -0.303 e. The topological polar surface area (TPSA) is 62.1 Å². The van der Waals surface area contributed by atoms with Crippen LogP contribution in [0.5, 0.6) is 0 Å². The smallest absolute Gasteiger partial charge is 0.158 e. The van der Waals surface area contributed by atoms with Crippen LogP contribution in [0.4, 0.5) is 0 Å². The van der Waals surface area contributed by atoms with Crippen LogP contribution in [0.15, 0.2) is 42.9 Å². The first kappa shape index (κ1) is 19.3. The van der Waals surface area contributed by atoms with Gasteiger partial charge in [0, 0.05) is 23.4 Å². The van der Waals surface area contributed by atoms with Gasteiger partial charge in [-0.15, -0.1) is 0 Å². The Hall–Kier alpha value is -2.99. The second kappa shape index (κ2) is 7.44. The van der Waals surface area contributed by atoms with Gasteiger partial charge in [0.05, 0.1) is 11.4 Å². The predicted molar refractivity (Wildman–Crippen MR) is 117 cm³/mol. The molecule has 0 bridgehead atoms. The molecule has 0 saturated carbocycles. The molecule has 4 aromatic rings. The molecule has 0 radical (unpaired) electrons. The lowest BCUT2D eigenvalue weighted by atomic mass is 9.93. The second-order valence-corrected chi connectivity index (χ2v) is 8.22. The summed E-state index contributed by atoms with van der Waals surface area (Å²) in [6.45, 7) is 8.69. The lowest BCUT2D eigenvalue weighted by Gasteiger charge is -2.20. The second-order valence-electron chi connectivity index (χ2n) is 8.22. The van der Waals surface area contributed by atoms with E-state index >= 15 is 0 Å². The van der Waals surface area contributed by atoms with Crippen molar-refractivity contribution in [2.45, 2.75) is 39.7 Å². The average molecular weight is 389 g/mol. The van der Waals surface area contributed by atoms with Gasteiger partial charge < -0.3 is 4.90 Å². The fourth-order valence-electron chi connectivity index (χ4n) is 3.80. The van der Waals surface area contributed by atoms with E-state index in [0.29, 0.717) is 12.0 Å². The van der Waals surface area contributed by atoms with Crippen molar-refractivity contribution < 1.29 is 0 Å². The Morgan fingerprint density at radius 1 is 1.03 bits per heavy atom. The summed E-state index contributed by atoms with van der Waals surface area (Å²) in [5.41, 5.74) is 8.73. The quantitative estimate of drug-likeness (QED) is 0.531. The van der Waals surface area contributed by atoms with E-state index < -0.39 is 0 Å². The van der Waals surface area contributed by atoms with E-state index in [0.717, 1.165) is 33.7 Å². The first-order valence-corrected chi connectivity index (χ1v) is 10.0. The summed E-state index contributed by atoms with van der Waals surface area (Å²) in [5.74, 6) is 0.325. The van der Waals surface area contributed by atoms with Crippen LogP contribution >= 0.6 is 0 Å². The molecule has 1 atom stereocenters. The molecule has 0 aliphatic carbocycles. The Morgan fingerprint density at radius 2 is 1.76 bits per heavy atom. The molecule has 4 rings (SSSR count). The number of nitrogens with one attached hydrogen (secondary N) is 1. The van der Waals surface area contributed by atoms with Crippen molar-refractivity contribution in [1.29, 1.82) is 0 Å². The standard InChI is InChI=1S/C23H28N6/c1-14(2)20-21(18-9-7-17(8-10-18)16(4)28(5)6)26-27-22(20)19-11-15(3)23-24-13-25-29(23)12-19/h7-14,16H,1-6H3,(H,26,27)/t16-/m0/s1. The van der Waals surface area contributed by atoms with Gasteiger partial charge in [0.1, 0.15) is 6.33 Å². The van der Waals surface area contributed by atoms with E-state index in [1.54, 1.807) is 6.33 Å². The fraction of sp³-hybridized carbons (Fsp3) is 0.348. The third-order valence-corrected chi connectivity index (χ3v) is 5.67. The zero-order chi connectivity index (χ0) is 20.7. The molecular formula is C23H28N6. The Bertz CT molecular complexity index is 1130. The highest BCUT2D eigenvalue weighted by molar-refractivity contribution is 5.75. The van der Waals surface area contributed by atoms with Gasteiger partial charge in [-0.25, -0.2) is 9.50 Å². The van der Waals surface area contributed by atoms with Crippen molar-refractivity contribution in [1.82, 2.24) is 29.7 Å². The molecule has 6 heteroatoms. The maximum atomic E-state index is 4.71. The van der Waals surface area contributed by atoms with Crippen LogP contribution in [0.2, 0.25) is 0 Å². The van der Waals surface area contributed by atoms with E-state index in [4.69, 9.17) is 5.10 Å². The highest BCUT2D eigenvalue weighted by Gasteiger charge is 2.20. The van der Waals surface area contributed by atoms with Crippen molar-refractivity contribution in [3.05, 3.63) is 59.5 Å². The van der Waals surface area contributed by atoms with Gasteiger partial charge in [-0.05, 0) is 56.6 Å². The number of nitrogens with zero attached hydrogens (tertiary/aromatic N) is 5. The summed E-state index contributed by atoms with van der Waals surface area (Å²) in [5, 5.41) is 12.3. The van der Waals surface area contributed by atoms with E-state index in [-0.39, 0.29) is 0 Å². The Labute approximate surface area is 171 Å². The number of hydrogen-bond donors (Lipinski definition) is 1. The van der Waals surface area contributed by atoms with E-state index in [1.165, 1.54) is 11.1 Å². The maximum Gasteiger partial charge on any atom is 0.158 e. The molecular weight excluding hydrogens is 360 g/mol. The average Bonchev–Trinajstić information content (AvgIpc) is 3.34. The lowest BCUT2D eigenvalue weighted by Crippen LogP contribution is -2.16. The van der Waals surface area contributed by atoms with E-state index in [2.05, 4.69) is 92.2 Å². The molecule has 1 N–H and O–H groups in total. The summed E-state index contributed by atoms with van der Waals surface area (Å²) in [6.07, 6.45) is 3.59. The largest absolute Gasteiger partial charge is 0.303 e. The van der Waals surface area contributed by atoms with Gasteiger partial charge in [-0.2, -0.15) is 10.2 Å². The van der Waals surface area contributed by atoms with Gasteiger partial charge in [0.15, 0.2) is 5.65 Å². The first-order valence-electron chi connectivity index (χ1n) is 10.0. The monoisotopic (exact) mass is 388 g/mol. The molecule has 0 amide bonds. The van der Waals surface area contributed by atoms with Crippen LogP contribution in [0.25, 0.3) is 28.2 Å². The molecule has 150 valence electrons. The number of fused-ring (bicyclic) bond motifs is 1. The molecule has 0 aliphatic heterocycles. The predicted octanol–water partition coefficient (Wildman–Crippen LogP) is 4.84. The van der Waals surface area contributed by atoms with Crippen molar-refractivity contribution in [3.63, 3.8) is 0 Å². The Balaban J connectivity index is 1.79. The van der Waals surface area contributed by atoms with Crippen LogP contribution in [0, 0.1) is 6.92 Å². The summed E-state index contributed by atoms with van der Waals surface area (Å²) in [7, 11) is 4.20. The normalized spacial score (nSPS) is 13.0. The van der Waals surface area contributed by atoms with Gasteiger partial charge in [0.2, 0.25) is 0 Å². The first-order chi connectivity index (χ1) is 13.9. The highest BCUT2D eigenvalue weighted by Crippen LogP contribution is 2.36. The van der Waals surface area contributed by atoms with Crippen LogP contribution in [-0.2, 0) is 0 Å². The van der Waals surface area contributed by atoms with Gasteiger partial charge >= 0.3 is 0 Å². The number of pyridine rings is 1. The lowest BCUT2D eigenvalue weighted by molar-refractivity contribution is 0.321. The number of rotatable bonds is 5. The minimum absolute atomic E-state index is 0.325. The number of H-pyrrole nitrogens is 1. The molecule has 3 aromatic heterocycles. The van der Waals surface area contributed by atoms with Crippen LogP contribution in [0.3, 0.4) is 0 Å². The summed E-state index contributed by atoms with van der Waals surface area (Å²) >= 11 is 0. The van der Waals surface area contributed by atoms with Gasteiger partial charge in [-0.3, -0.25) is 5.10 Å². The minimum atomic E-state index is 0.325. The molecule has 0 unspecified atom stereocenters. The number of aromatic amines is 1. The van der Waals surface area contributed by atoms with Crippen LogP contribution in [0.1, 0.15) is 49.4 Å². The van der Waals surface area contributed by atoms with Gasteiger partial charge in [-0.1, -0.05) is 38.1 Å². The molecule has 0 aliphatic rings. The number of hydrogen-bond acceptors (Lipinski definition) is 4. The Morgan fingerprint density at radius 3 is 2.41 bits per heavy atom. The number of benzene rings is 1. The number of aromatic nitrogens is 5. The molecule has 1 aromatic carbocycles. The molecule has 0 spiro atoms.